The van der Waals surface area contributed by atoms with Crippen molar-refractivity contribution in [1.29, 1.82) is 0 Å². The molecule has 0 aliphatic carbocycles. The Kier molecular flexibility index (Phi) is 4.79. The molecule has 0 radical (unpaired) electrons. The zero-order chi connectivity index (χ0) is 15.8. The first kappa shape index (κ1) is 16.9. The lowest BCUT2D eigenvalue weighted by atomic mass is 10.3. The largest absolute Gasteiger partial charge is 0.312 e. The van der Waals surface area contributed by atoms with E-state index in [2.05, 4.69) is 21.2 Å². The van der Waals surface area contributed by atoms with Crippen LogP contribution in [0.3, 0.4) is 0 Å². The minimum absolute atomic E-state index is 0.00698. The average Bonchev–Trinajstić information content (AvgIpc) is 2.37. The molecule has 1 fully saturated rings. The molecule has 6 nitrogen and oxygen atoms in total. The van der Waals surface area contributed by atoms with Crippen LogP contribution in [0.2, 0.25) is 0 Å². The first-order valence-electron chi connectivity index (χ1n) is 6.35. The summed E-state index contributed by atoms with van der Waals surface area (Å²) in [5.41, 5.74) is 0. The van der Waals surface area contributed by atoms with Crippen molar-refractivity contribution >= 4 is 35.8 Å². The SMILES string of the molecule is C[C@H]1CN(S(=O)(=O)c2cc(S(C)(=O)=O)ccc2Br)CCN1. The van der Waals surface area contributed by atoms with Gasteiger partial charge in [0, 0.05) is 36.4 Å². The van der Waals surface area contributed by atoms with Crippen molar-refractivity contribution in [3.05, 3.63) is 22.7 Å². The van der Waals surface area contributed by atoms with E-state index in [0.717, 1.165) is 6.26 Å². The molecule has 0 saturated carbocycles. The van der Waals surface area contributed by atoms with Gasteiger partial charge in [-0.3, -0.25) is 0 Å². The van der Waals surface area contributed by atoms with Crippen LogP contribution in [0.1, 0.15) is 6.92 Å². The topological polar surface area (TPSA) is 83.6 Å². The van der Waals surface area contributed by atoms with Gasteiger partial charge in [-0.1, -0.05) is 0 Å². The summed E-state index contributed by atoms with van der Waals surface area (Å²) in [6.07, 6.45) is 1.06. The number of rotatable bonds is 3. The Morgan fingerprint density at radius 2 is 1.95 bits per heavy atom. The lowest BCUT2D eigenvalue weighted by molar-refractivity contribution is 0.310. The highest BCUT2D eigenvalue weighted by atomic mass is 79.9. The number of benzene rings is 1. The van der Waals surface area contributed by atoms with Crippen LogP contribution in [0, 0.1) is 0 Å². The summed E-state index contributed by atoms with van der Waals surface area (Å²) < 4.78 is 50.4. The van der Waals surface area contributed by atoms with Gasteiger partial charge < -0.3 is 5.32 Å². The summed E-state index contributed by atoms with van der Waals surface area (Å²) in [5, 5.41) is 3.17. The van der Waals surface area contributed by atoms with Crippen LogP contribution in [0.25, 0.3) is 0 Å². The van der Waals surface area contributed by atoms with Gasteiger partial charge in [0.1, 0.15) is 0 Å². The average molecular weight is 397 g/mol. The maximum Gasteiger partial charge on any atom is 0.244 e. The fraction of sp³-hybridized carbons (Fsp3) is 0.500. The molecule has 1 atom stereocenters. The molecule has 21 heavy (non-hydrogen) atoms. The Labute approximate surface area is 133 Å². The molecular formula is C12H17BrN2O4S2. The van der Waals surface area contributed by atoms with Crippen LogP contribution in [-0.2, 0) is 19.9 Å². The van der Waals surface area contributed by atoms with Crippen LogP contribution >= 0.6 is 15.9 Å². The van der Waals surface area contributed by atoms with Crippen LogP contribution in [0.5, 0.6) is 0 Å². The molecule has 1 aliphatic heterocycles. The van der Waals surface area contributed by atoms with E-state index in [9.17, 15) is 16.8 Å². The third-order valence-electron chi connectivity index (χ3n) is 3.28. The van der Waals surface area contributed by atoms with Gasteiger partial charge in [0.05, 0.1) is 9.79 Å². The highest BCUT2D eigenvalue weighted by molar-refractivity contribution is 9.10. The number of hydrogen-bond acceptors (Lipinski definition) is 5. The molecule has 0 unspecified atom stereocenters. The van der Waals surface area contributed by atoms with Gasteiger partial charge in [0.15, 0.2) is 9.84 Å². The monoisotopic (exact) mass is 396 g/mol. The van der Waals surface area contributed by atoms with E-state index in [1.165, 1.54) is 22.5 Å². The number of sulfone groups is 1. The normalized spacial score (nSPS) is 21.4. The minimum atomic E-state index is -3.73. The summed E-state index contributed by atoms with van der Waals surface area (Å²) >= 11 is 3.20. The molecule has 2 rings (SSSR count). The smallest absolute Gasteiger partial charge is 0.244 e. The number of sulfonamides is 1. The molecule has 1 N–H and O–H groups in total. The molecule has 0 spiro atoms. The summed E-state index contributed by atoms with van der Waals surface area (Å²) in [5.74, 6) is 0. The van der Waals surface area contributed by atoms with E-state index < -0.39 is 19.9 Å². The first-order valence-corrected chi connectivity index (χ1v) is 10.5. The van der Waals surface area contributed by atoms with Gasteiger partial charge in [-0.25, -0.2) is 16.8 Å². The van der Waals surface area contributed by atoms with Gasteiger partial charge in [0.2, 0.25) is 10.0 Å². The van der Waals surface area contributed by atoms with E-state index in [1.54, 1.807) is 0 Å². The molecule has 1 heterocycles. The lowest BCUT2D eigenvalue weighted by Gasteiger charge is -2.31. The summed E-state index contributed by atoms with van der Waals surface area (Å²) in [6.45, 7) is 3.20. The van der Waals surface area contributed by atoms with Crippen molar-refractivity contribution in [1.82, 2.24) is 9.62 Å². The first-order chi connectivity index (χ1) is 9.62. The van der Waals surface area contributed by atoms with E-state index in [1.807, 2.05) is 6.92 Å². The number of hydrogen-bond donors (Lipinski definition) is 1. The maximum atomic E-state index is 12.7. The Balaban J connectivity index is 2.49. The van der Waals surface area contributed by atoms with Gasteiger partial charge >= 0.3 is 0 Å². The number of halogens is 1. The van der Waals surface area contributed by atoms with Crippen molar-refractivity contribution in [2.45, 2.75) is 22.8 Å². The lowest BCUT2D eigenvalue weighted by Crippen LogP contribution is -2.51. The summed E-state index contributed by atoms with van der Waals surface area (Å²) in [4.78, 5) is -0.0213. The number of nitrogens with one attached hydrogen (secondary N) is 1. The van der Waals surface area contributed by atoms with Crippen molar-refractivity contribution in [2.24, 2.45) is 0 Å². The van der Waals surface area contributed by atoms with E-state index in [-0.39, 0.29) is 15.8 Å². The van der Waals surface area contributed by atoms with E-state index in [0.29, 0.717) is 24.1 Å². The second-order valence-corrected chi connectivity index (χ2v) is 9.86. The van der Waals surface area contributed by atoms with Crippen LogP contribution in [0.4, 0.5) is 0 Å². The standard InChI is InChI=1S/C12H17BrN2O4S2/c1-9-8-15(6-5-14-9)21(18,19)12-7-10(20(2,16)17)3-4-11(12)13/h3-4,7,9,14H,5-6,8H2,1-2H3/t9-/m0/s1. The molecule has 1 aliphatic rings. The second-order valence-electron chi connectivity index (χ2n) is 5.08. The van der Waals surface area contributed by atoms with Gasteiger partial charge in [-0.2, -0.15) is 4.31 Å². The second kappa shape index (κ2) is 5.96. The molecule has 0 aromatic heterocycles. The third kappa shape index (κ3) is 3.65. The molecule has 0 bridgehead atoms. The maximum absolute atomic E-state index is 12.7. The third-order valence-corrected chi connectivity index (χ3v) is 7.25. The molecule has 1 saturated heterocycles. The summed E-state index contributed by atoms with van der Waals surface area (Å²) in [7, 11) is -7.19. The fourth-order valence-corrected chi connectivity index (χ4v) is 5.37. The molecule has 1 aromatic carbocycles. The molecule has 1 aromatic rings. The zero-order valence-corrected chi connectivity index (χ0v) is 14.9. The number of nitrogens with zero attached hydrogens (tertiary/aromatic N) is 1. The highest BCUT2D eigenvalue weighted by Gasteiger charge is 2.30. The predicted octanol–water partition coefficient (Wildman–Crippen LogP) is 0.835. The molecular weight excluding hydrogens is 380 g/mol. The Bertz CT molecular complexity index is 747. The van der Waals surface area contributed by atoms with Gasteiger partial charge in [-0.15, -0.1) is 0 Å². The minimum Gasteiger partial charge on any atom is -0.312 e. The fourth-order valence-electron chi connectivity index (χ4n) is 2.17. The quantitative estimate of drug-likeness (QED) is 0.817. The van der Waals surface area contributed by atoms with Crippen molar-refractivity contribution in [2.75, 3.05) is 25.9 Å². The Hall–Kier alpha value is -0.480. The summed E-state index contributed by atoms with van der Waals surface area (Å²) in [6, 6.07) is 4.11. The van der Waals surface area contributed by atoms with Crippen molar-refractivity contribution in [3.8, 4) is 0 Å². The Morgan fingerprint density at radius 1 is 1.29 bits per heavy atom. The predicted molar refractivity (Wildman–Crippen MR) is 83.5 cm³/mol. The van der Waals surface area contributed by atoms with Crippen LogP contribution < -0.4 is 5.32 Å². The zero-order valence-electron chi connectivity index (χ0n) is 11.7. The highest BCUT2D eigenvalue weighted by Crippen LogP contribution is 2.28. The van der Waals surface area contributed by atoms with Gasteiger partial charge in [0.25, 0.3) is 0 Å². The van der Waals surface area contributed by atoms with Crippen molar-refractivity contribution in [3.63, 3.8) is 0 Å². The molecule has 118 valence electrons. The Morgan fingerprint density at radius 3 is 2.52 bits per heavy atom. The van der Waals surface area contributed by atoms with Gasteiger partial charge in [-0.05, 0) is 41.1 Å². The molecule has 9 heteroatoms. The van der Waals surface area contributed by atoms with E-state index in [4.69, 9.17) is 0 Å². The molecule has 0 amide bonds. The van der Waals surface area contributed by atoms with Crippen LogP contribution in [0.15, 0.2) is 32.5 Å². The van der Waals surface area contributed by atoms with Crippen molar-refractivity contribution < 1.29 is 16.8 Å². The van der Waals surface area contributed by atoms with Crippen LogP contribution in [-0.4, -0.2) is 53.1 Å². The number of piperazine rings is 1. The van der Waals surface area contributed by atoms with E-state index >= 15 is 0 Å².